The van der Waals surface area contributed by atoms with Gasteiger partial charge in [0.1, 0.15) is 0 Å². The Bertz CT molecular complexity index is 1170. The van der Waals surface area contributed by atoms with Crippen LogP contribution in [-0.2, 0) is 0 Å². The minimum atomic E-state index is -0.144. The van der Waals surface area contributed by atoms with Gasteiger partial charge in [-0.2, -0.15) is 0 Å². The Morgan fingerprint density at radius 3 is 2.53 bits per heavy atom. The fraction of sp³-hybridized carbons (Fsp3) is 0.120. The molecule has 3 aromatic rings. The van der Waals surface area contributed by atoms with E-state index in [9.17, 15) is 9.59 Å². The average molecular weight is 413 g/mol. The summed E-state index contributed by atoms with van der Waals surface area (Å²) in [6.45, 7) is 1.27. The van der Waals surface area contributed by atoms with Gasteiger partial charge in [-0.1, -0.05) is 60.3 Å². The summed E-state index contributed by atoms with van der Waals surface area (Å²) >= 11 is 1.54. The number of carbonyl (C=O) groups excluding carboxylic acids is 2. The highest BCUT2D eigenvalue weighted by Gasteiger charge is 2.23. The molecule has 0 saturated carbocycles. The number of nitrogens with one attached hydrogen (secondary N) is 1. The smallest absolute Gasteiger partial charge is 0.256 e. The van der Waals surface area contributed by atoms with E-state index in [1.165, 1.54) is 11.1 Å². The first kappa shape index (κ1) is 18.7. The Kier molecular flexibility index (Phi) is 4.89. The summed E-state index contributed by atoms with van der Waals surface area (Å²) in [6.07, 6.45) is 2.97. The van der Waals surface area contributed by atoms with Gasteiger partial charge in [-0.05, 0) is 47.9 Å². The van der Waals surface area contributed by atoms with E-state index in [1.807, 2.05) is 59.5 Å². The van der Waals surface area contributed by atoms with Crippen LogP contribution < -0.4 is 5.32 Å². The van der Waals surface area contributed by atoms with Crippen molar-refractivity contribution in [1.82, 2.24) is 4.90 Å². The molecule has 2 aliphatic heterocycles. The van der Waals surface area contributed by atoms with Crippen LogP contribution in [0.4, 0.5) is 5.69 Å². The quantitative estimate of drug-likeness (QED) is 0.619. The van der Waals surface area contributed by atoms with Crippen LogP contribution in [0.2, 0.25) is 0 Å². The van der Waals surface area contributed by atoms with Gasteiger partial charge >= 0.3 is 0 Å². The Balaban J connectivity index is 1.36. The van der Waals surface area contributed by atoms with Crippen molar-refractivity contribution in [2.45, 2.75) is 16.2 Å². The first-order chi connectivity index (χ1) is 14.7. The predicted molar refractivity (Wildman–Crippen MR) is 120 cm³/mol. The molecule has 0 saturated heterocycles. The van der Waals surface area contributed by atoms with E-state index in [4.69, 9.17) is 0 Å². The van der Waals surface area contributed by atoms with Gasteiger partial charge in [0.15, 0.2) is 0 Å². The van der Waals surface area contributed by atoms with Crippen LogP contribution in [0.3, 0.4) is 0 Å². The monoisotopic (exact) mass is 412 g/mol. The number of benzene rings is 3. The molecule has 5 rings (SSSR count). The molecule has 30 heavy (non-hydrogen) atoms. The highest BCUT2D eigenvalue weighted by molar-refractivity contribution is 7.99. The summed E-state index contributed by atoms with van der Waals surface area (Å²) < 4.78 is 0. The second-order valence-electron chi connectivity index (χ2n) is 7.36. The van der Waals surface area contributed by atoms with Gasteiger partial charge in [0.05, 0.1) is 11.3 Å². The summed E-state index contributed by atoms with van der Waals surface area (Å²) in [5, 5.41) is 2.96. The standard InChI is InChI=1S/C25H20N2O2S/c28-24-20-8-4-5-9-22(20)30-23-11-10-19(16-21(23)26-24)25(29)27-14-12-18(13-15-27)17-6-2-1-3-7-17/h1-12,16H,13-15H2,(H,26,28). The zero-order chi connectivity index (χ0) is 20.5. The number of amides is 2. The maximum atomic E-state index is 13.1. The average Bonchev–Trinajstić information content (AvgIpc) is 2.94. The zero-order valence-corrected chi connectivity index (χ0v) is 17.1. The molecule has 2 amide bonds. The number of nitrogens with zero attached hydrogens (tertiary/aromatic N) is 1. The molecule has 3 aromatic carbocycles. The van der Waals surface area contributed by atoms with Crippen molar-refractivity contribution in [3.05, 3.63) is 95.6 Å². The molecule has 2 heterocycles. The van der Waals surface area contributed by atoms with E-state index < -0.39 is 0 Å². The zero-order valence-electron chi connectivity index (χ0n) is 16.3. The second-order valence-corrected chi connectivity index (χ2v) is 8.44. The molecule has 0 aliphatic carbocycles. The largest absolute Gasteiger partial charge is 0.335 e. The highest BCUT2D eigenvalue weighted by atomic mass is 32.2. The third kappa shape index (κ3) is 3.53. The van der Waals surface area contributed by atoms with Gasteiger partial charge in [0.2, 0.25) is 0 Å². The van der Waals surface area contributed by atoms with E-state index in [0.717, 1.165) is 16.2 Å². The minimum Gasteiger partial charge on any atom is -0.335 e. The molecule has 1 N–H and O–H groups in total. The van der Waals surface area contributed by atoms with Crippen molar-refractivity contribution in [1.29, 1.82) is 0 Å². The lowest BCUT2D eigenvalue weighted by atomic mass is 9.99. The van der Waals surface area contributed by atoms with Crippen molar-refractivity contribution >= 4 is 34.8 Å². The van der Waals surface area contributed by atoms with Crippen molar-refractivity contribution in [3.63, 3.8) is 0 Å². The Hall–Kier alpha value is -3.31. The van der Waals surface area contributed by atoms with Crippen molar-refractivity contribution < 1.29 is 9.59 Å². The number of anilines is 1. The molecular formula is C25H20N2O2S. The highest BCUT2D eigenvalue weighted by Crippen LogP contribution is 2.39. The van der Waals surface area contributed by atoms with Crippen LogP contribution in [0.5, 0.6) is 0 Å². The van der Waals surface area contributed by atoms with Gasteiger partial charge in [0.25, 0.3) is 11.8 Å². The lowest BCUT2D eigenvalue weighted by Crippen LogP contribution is -2.34. The van der Waals surface area contributed by atoms with Crippen LogP contribution in [0.1, 0.15) is 32.7 Å². The van der Waals surface area contributed by atoms with E-state index >= 15 is 0 Å². The molecule has 2 aliphatic rings. The Morgan fingerprint density at radius 1 is 0.933 bits per heavy atom. The van der Waals surface area contributed by atoms with Gasteiger partial charge < -0.3 is 10.2 Å². The maximum Gasteiger partial charge on any atom is 0.256 e. The van der Waals surface area contributed by atoms with Crippen molar-refractivity contribution in [3.8, 4) is 0 Å². The molecule has 4 nitrogen and oxygen atoms in total. The van der Waals surface area contributed by atoms with E-state index in [-0.39, 0.29) is 11.8 Å². The van der Waals surface area contributed by atoms with Crippen LogP contribution in [0, 0.1) is 0 Å². The van der Waals surface area contributed by atoms with Crippen LogP contribution in [-0.4, -0.2) is 29.8 Å². The molecule has 0 fully saturated rings. The number of hydrogen-bond donors (Lipinski definition) is 1. The number of hydrogen-bond acceptors (Lipinski definition) is 3. The normalized spacial score (nSPS) is 15.4. The van der Waals surface area contributed by atoms with Crippen LogP contribution >= 0.6 is 11.8 Å². The first-order valence-electron chi connectivity index (χ1n) is 9.95. The second kappa shape index (κ2) is 7.84. The number of carbonyl (C=O) groups is 2. The molecule has 0 atom stereocenters. The summed E-state index contributed by atoms with van der Waals surface area (Å²) in [5.41, 5.74) is 4.43. The summed E-state index contributed by atoms with van der Waals surface area (Å²) in [6, 6.07) is 23.4. The van der Waals surface area contributed by atoms with Crippen LogP contribution in [0.15, 0.2) is 88.7 Å². The van der Waals surface area contributed by atoms with Gasteiger partial charge in [-0.3, -0.25) is 9.59 Å². The lowest BCUT2D eigenvalue weighted by Gasteiger charge is -2.27. The summed E-state index contributed by atoms with van der Waals surface area (Å²) in [7, 11) is 0. The fourth-order valence-electron chi connectivity index (χ4n) is 3.85. The maximum absolute atomic E-state index is 13.1. The Labute approximate surface area is 179 Å². The van der Waals surface area contributed by atoms with E-state index in [1.54, 1.807) is 17.8 Å². The van der Waals surface area contributed by atoms with Gasteiger partial charge in [0, 0.05) is 28.4 Å². The molecule has 0 bridgehead atoms. The number of rotatable bonds is 2. The topological polar surface area (TPSA) is 49.4 Å². The van der Waals surface area contributed by atoms with Crippen molar-refractivity contribution in [2.24, 2.45) is 0 Å². The molecular weight excluding hydrogens is 392 g/mol. The minimum absolute atomic E-state index is 0.0119. The SMILES string of the molecule is O=C1Nc2cc(C(=O)N3CC=C(c4ccccc4)CC3)ccc2Sc2ccccc21. The molecule has 0 unspecified atom stereocenters. The third-order valence-electron chi connectivity index (χ3n) is 5.47. The number of fused-ring (bicyclic) bond motifs is 2. The molecule has 148 valence electrons. The van der Waals surface area contributed by atoms with Crippen molar-refractivity contribution in [2.75, 3.05) is 18.4 Å². The Morgan fingerprint density at radius 2 is 1.73 bits per heavy atom. The summed E-state index contributed by atoms with van der Waals surface area (Å²) in [5.74, 6) is -0.156. The van der Waals surface area contributed by atoms with Gasteiger partial charge in [-0.15, -0.1) is 0 Å². The van der Waals surface area contributed by atoms with Gasteiger partial charge in [-0.25, -0.2) is 0 Å². The summed E-state index contributed by atoms with van der Waals surface area (Å²) in [4.78, 5) is 29.4. The molecule has 5 heteroatoms. The molecule has 0 spiro atoms. The fourth-order valence-corrected chi connectivity index (χ4v) is 4.86. The predicted octanol–water partition coefficient (Wildman–Crippen LogP) is 5.33. The molecule has 0 aromatic heterocycles. The van der Waals surface area contributed by atoms with Crippen LogP contribution in [0.25, 0.3) is 5.57 Å². The first-order valence-corrected chi connectivity index (χ1v) is 10.8. The van der Waals surface area contributed by atoms with E-state index in [0.29, 0.717) is 29.9 Å². The third-order valence-corrected chi connectivity index (χ3v) is 6.62. The lowest BCUT2D eigenvalue weighted by molar-refractivity contribution is 0.0772. The van der Waals surface area contributed by atoms with E-state index in [2.05, 4.69) is 23.5 Å². The molecule has 0 radical (unpaired) electrons.